The summed E-state index contributed by atoms with van der Waals surface area (Å²) in [7, 11) is 3.59. The Balaban J connectivity index is 1.98. The van der Waals surface area contributed by atoms with Crippen molar-refractivity contribution in [2.45, 2.75) is 6.54 Å². The average Bonchev–Trinajstić information content (AvgIpc) is 2.47. The minimum atomic E-state index is 0.545. The summed E-state index contributed by atoms with van der Waals surface area (Å²) in [6, 6.07) is 8.05. The molecule has 0 radical (unpaired) electrons. The number of methoxy groups -OCH3 is 1. The Labute approximate surface area is 121 Å². The van der Waals surface area contributed by atoms with E-state index in [0.717, 1.165) is 12.3 Å². The van der Waals surface area contributed by atoms with Gasteiger partial charge >= 0.3 is 0 Å². The van der Waals surface area contributed by atoms with Gasteiger partial charge in [-0.25, -0.2) is 0 Å². The van der Waals surface area contributed by atoms with Crippen molar-refractivity contribution in [2.75, 3.05) is 53.8 Å². The summed E-state index contributed by atoms with van der Waals surface area (Å²) in [5.74, 6) is 0.866. The Morgan fingerprint density at radius 3 is 2.05 bits per heavy atom. The van der Waals surface area contributed by atoms with E-state index in [0.29, 0.717) is 39.6 Å². The van der Waals surface area contributed by atoms with Crippen molar-refractivity contribution >= 4 is 0 Å². The second-order valence-electron chi connectivity index (χ2n) is 4.24. The molecule has 1 N–H and O–H groups in total. The first-order chi connectivity index (χ1) is 9.86. The highest BCUT2D eigenvalue weighted by atomic mass is 16.6. The predicted molar refractivity (Wildman–Crippen MR) is 78.2 cm³/mol. The van der Waals surface area contributed by atoms with Crippen molar-refractivity contribution in [3.63, 3.8) is 0 Å². The van der Waals surface area contributed by atoms with Crippen molar-refractivity contribution in [3.8, 4) is 5.75 Å². The van der Waals surface area contributed by atoms with E-state index in [4.69, 9.17) is 18.9 Å². The lowest BCUT2D eigenvalue weighted by molar-refractivity contribution is 0.0180. The molecule has 0 aliphatic heterocycles. The molecule has 0 heterocycles. The Morgan fingerprint density at radius 2 is 1.45 bits per heavy atom. The third kappa shape index (κ3) is 8.12. The molecule has 0 fully saturated rings. The molecule has 0 saturated heterocycles. The number of benzene rings is 1. The maximum Gasteiger partial charge on any atom is 0.119 e. The van der Waals surface area contributed by atoms with Gasteiger partial charge in [0.15, 0.2) is 0 Å². The molecule has 0 saturated carbocycles. The molecule has 0 atom stereocenters. The van der Waals surface area contributed by atoms with Gasteiger partial charge in [-0.15, -0.1) is 0 Å². The van der Waals surface area contributed by atoms with Gasteiger partial charge in [-0.1, -0.05) is 12.1 Å². The standard InChI is InChI=1S/C15H25NO4/c1-16-13-14-3-5-15(6-4-14)20-12-11-19-10-9-18-8-7-17-2/h3-6,16H,7-13H2,1-2H3. The summed E-state index contributed by atoms with van der Waals surface area (Å²) in [4.78, 5) is 0. The van der Waals surface area contributed by atoms with E-state index in [9.17, 15) is 0 Å². The first kappa shape index (κ1) is 16.9. The number of rotatable bonds is 12. The molecule has 0 aromatic heterocycles. The van der Waals surface area contributed by atoms with E-state index in [2.05, 4.69) is 17.4 Å². The fourth-order valence-corrected chi connectivity index (χ4v) is 1.59. The first-order valence-electron chi connectivity index (χ1n) is 6.87. The molecular weight excluding hydrogens is 258 g/mol. The molecule has 0 bridgehead atoms. The molecule has 1 aromatic rings. The van der Waals surface area contributed by atoms with Gasteiger partial charge in [0.1, 0.15) is 12.4 Å². The van der Waals surface area contributed by atoms with Crippen LogP contribution in [0, 0.1) is 0 Å². The van der Waals surface area contributed by atoms with Crippen LogP contribution in [-0.4, -0.2) is 53.8 Å². The lowest BCUT2D eigenvalue weighted by Crippen LogP contribution is -2.12. The zero-order valence-electron chi connectivity index (χ0n) is 12.4. The minimum Gasteiger partial charge on any atom is -0.491 e. The predicted octanol–water partition coefficient (Wildman–Crippen LogP) is 1.46. The van der Waals surface area contributed by atoms with Crippen molar-refractivity contribution in [1.82, 2.24) is 5.32 Å². The van der Waals surface area contributed by atoms with Crippen molar-refractivity contribution in [3.05, 3.63) is 29.8 Å². The largest absolute Gasteiger partial charge is 0.491 e. The number of ether oxygens (including phenoxy) is 4. The number of hydrogen-bond acceptors (Lipinski definition) is 5. The number of nitrogens with one attached hydrogen (secondary N) is 1. The average molecular weight is 283 g/mol. The summed E-state index contributed by atoms with van der Waals surface area (Å²) in [6.45, 7) is 4.36. The third-order valence-corrected chi connectivity index (χ3v) is 2.60. The normalized spacial score (nSPS) is 10.7. The van der Waals surface area contributed by atoms with Crippen LogP contribution in [0.1, 0.15) is 5.56 Å². The second kappa shape index (κ2) is 11.7. The fraction of sp³-hybridized carbons (Fsp3) is 0.600. The smallest absolute Gasteiger partial charge is 0.119 e. The van der Waals surface area contributed by atoms with Gasteiger partial charge in [0.2, 0.25) is 0 Å². The highest BCUT2D eigenvalue weighted by molar-refractivity contribution is 5.27. The zero-order chi connectivity index (χ0) is 14.5. The number of hydrogen-bond donors (Lipinski definition) is 1. The molecule has 1 rings (SSSR count). The van der Waals surface area contributed by atoms with Crippen LogP contribution in [0.4, 0.5) is 0 Å². The van der Waals surface area contributed by atoms with E-state index in [1.807, 2.05) is 19.2 Å². The molecule has 0 aliphatic rings. The zero-order valence-corrected chi connectivity index (χ0v) is 12.4. The molecule has 0 aliphatic carbocycles. The van der Waals surface area contributed by atoms with Crippen LogP contribution in [-0.2, 0) is 20.8 Å². The molecule has 0 amide bonds. The van der Waals surface area contributed by atoms with Crippen LogP contribution < -0.4 is 10.1 Å². The highest BCUT2D eigenvalue weighted by Crippen LogP contribution is 2.11. The van der Waals surface area contributed by atoms with Crippen LogP contribution in [0.2, 0.25) is 0 Å². The van der Waals surface area contributed by atoms with Gasteiger partial charge in [-0.2, -0.15) is 0 Å². The van der Waals surface area contributed by atoms with E-state index in [1.165, 1.54) is 5.56 Å². The van der Waals surface area contributed by atoms with Crippen LogP contribution in [0.25, 0.3) is 0 Å². The topological polar surface area (TPSA) is 49.0 Å². The van der Waals surface area contributed by atoms with E-state index >= 15 is 0 Å². The summed E-state index contributed by atoms with van der Waals surface area (Å²) in [5, 5.41) is 3.11. The van der Waals surface area contributed by atoms with E-state index < -0.39 is 0 Å². The Hall–Kier alpha value is -1.14. The lowest BCUT2D eigenvalue weighted by atomic mass is 10.2. The molecular formula is C15H25NO4. The summed E-state index contributed by atoms with van der Waals surface area (Å²) >= 11 is 0. The van der Waals surface area contributed by atoms with Crippen LogP contribution >= 0.6 is 0 Å². The molecule has 5 heteroatoms. The van der Waals surface area contributed by atoms with E-state index in [1.54, 1.807) is 7.11 Å². The lowest BCUT2D eigenvalue weighted by Gasteiger charge is -2.08. The van der Waals surface area contributed by atoms with E-state index in [-0.39, 0.29) is 0 Å². The fourth-order valence-electron chi connectivity index (χ4n) is 1.59. The van der Waals surface area contributed by atoms with Crippen LogP contribution in [0.3, 0.4) is 0 Å². The van der Waals surface area contributed by atoms with Gasteiger partial charge in [0.05, 0.1) is 33.0 Å². The van der Waals surface area contributed by atoms with Gasteiger partial charge in [-0.05, 0) is 24.7 Å². The summed E-state index contributed by atoms with van der Waals surface area (Å²) in [6.07, 6.45) is 0. The summed E-state index contributed by atoms with van der Waals surface area (Å²) in [5.41, 5.74) is 1.24. The van der Waals surface area contributed by atoms with Gasteiger partial charge in [0.25, 0.3) is 0 Å². The van der Waals surface area contributed by atoms with Crippen molar-refractivity contribution in [2.24, 2.45) is 0 Å². The maximum absolute atomic E-state index is 5.58. The SMILES string of the molecule is CNCc1ccc(OCCOCCOCCOC)cc1. The van der Waals surface area contributed by atoms with Gasteiger partial charge < -0.3 is 24.3 Å². The van der Waals surface area contributed by atoms with Crippen LogP contribution in [0.5, 0.6) is 5.75 Å². The quantitative estimate of drug-likeness (QED) is 0.589. The van der Waals surface area contributed by atoms with Crippen molar-refractivity contribution in [1.29, 1.82) is 0 Å². The molecule has 20 heavy (non-hydrogen) atoms. The summed E-state index contributed by atoms with van der Waals surface area (Å²) < 4.78 is 21.1. The third-order valence-electron chi connectivity index (χ3n) is 2.60. The highest BCUT2D eigenvalue weighted by Gasteiger charge is 1.95. The molecule has 1 aromatic carbocycles. The maximum atomic E-state index is 5.58. The monoisotopic (exact) mass is 283 g/mol. The van der Waals surface area contributed by atoms with Gasteiger partial charge in [0, 0.05) is 13.7 Å². The molecule has 0 spiro atoms. The second-order valence-corrected chi connectivity index (χ2v) is 4.24. The molecule has 5 nitrogen and oxygen atoms in total. The minimum absolute atomic E-state index is 0.545. The van der Waals surface area contributed by atoms with Gasteiger partial charge in [-0.3, -0.25) is 0 Å². The van der Waals surface area contributed by atoms with Crippen molar-refractivity contribution < 1.29 is 18.9 Å². The Bertz CT molecular complexity index is 329. The molecule has 0 unspecified atom stereocenters. The Morgan fingerprint density at radius 1 is 0.850 bits per heavy atom. The Kier molecular flexibility index (Phi) is 9.87. The first-order valence-corrected chi connectivity index (χ1v) is 6.87. The molecule has 114 valence electrons. The van der Waals surface area contributed by atoms with Crippen LogP contribution in [0.15, 0.2) is 24.3 Å².